The molecular weight excluding hydrogens is 434 g/mol. The minimum atomic E-state index is 0.0825. The Hall–Kier alpha value is -2.97. The van der Waals surface area contributed by atoms with Crippen LogP contribution >= 0.6 is 11.3 Å². The molecule has 1 unspecified atom stereocenters. The summed E-state index contributed by atoms with van der Waals surface area (Å²) < 4.78 is 5.88. The van der Waals surface area contributed by atoms with Crippen LogP contribution in [0.1, 0.15) is 37.4 Å². The van der Waals surface area contributed by atoms with E-state index >= 15 is 0 Å². The number of fused-ring (bicyclic) bond motifs is 1. The van der Waals surface area contributed by atoms with Crippen molar-refractivity contribution in [1.82, 2.24) is 20.4 Å². The molecule has 4 rings (SSSR count). The number of amides is 1. The van der Waals surface area contributed by atoms with Gasteiger partial charge in [0.05, 0.1) is 18.3 Å². The van der Waals surface area contributed by atoms with Crippen molar-refractivity contribution in [3.05, 3.63) is 47.5 Å². The Balaban J connectivity index is 1.57. The highest BCUT2D eigenvalue weighted by Crippen LogP contribution is 2.40. The molecule has 8 heteroatoms. The molecule has 2 aromatic carbocycles. The lowest BCUT2D eigenvalue weighted by Gasteiger charge is -2.16. The van der Waals surface area contributed by atoms with Crippen molar-refractivity contribution in [1.29, 1.82) is 0 Å². The predicted octanol–water partition coefficient (Wildman–Crippen LogP) is 4.37. The molecular formula is C25H31N5O2S. The maximum atomic E-state index is 12.0. The Morgan fingerprint density at radius 3 is 2.73 bits per heavy atom. The van der Waals surface area contributed by atoms with Gasteiger partial charge < -0.3 is 20.3 Å². The number of carbonyl (C=O) groups excluding carboxylic acids is 1. The first-order valence-corrected chi connectivity index (χ1v) is 12.1. The summed E-state index contributed by atoms with van der Waals surface area (Å²) in [6, 6.07) is 12.6. The first-order chi connectivity index (χ1) is 15.9. The van der Waals surface area contributed by atoms with Gasteiger partial charge in [-0.05, 0) is 56.0 Å². The largest absolute Gasteiger partial charge is 0.489 e. The van der Waals surface area contributed by atoms with E-state index in [1.165, 1.54) is 11.1 Å². The van der Waals surface area contributed by atoms with Crippen molar-refractivity contribution < 1.29 is 9.53 Å². The maximum absolute atomic E-state index is 12.0. The number of anilines is 1. The van der Waals surface area contributed by atoms with E-state index in [4.69, 9.17) is 4.74 Å². The van der Waals surface area contributed by atoms with E-state index in [1.807, 2.05) is 33.0 Å². The number of nitrogens with one attached hydrogen (secondary N) is 2. The lowest BCUT2D eigenvalue weighted by molar-refractivity contribution is -0.127. The molecule has 7 nitrogen and oxygen atoms in total. The highest BCUT2D eigenvalue weighted by Gasteiger charge is 2.26. The zero-order valence-corrected chi connectivity index (χ0v) is 20.6. The lowest BCUT2D eigenvalue weighted by atomic mass is 10.0. The van der Waals surface area contributed by atoms with Gasteiger partial charge >= 0.3 is 0 Å². The van der Waals surface area contributed by atoms with Crippen LogP contribution in [-0.2, 0) is 11.2 Å². The highest BCUT2D eigenvalue weighted by atomic mass is 32.1. The highest BCUT2D eigenvalue weighted by molar-refractivity contribution is 7.17. The standard InChI is InChI=1S/C25H31N5O2S/c1-15(2)32-22-12-9-16(13-21(22)26-3)24-28-29-25(33-24)19-8-6-7-18-17(19)10-11-20(18)27-14-23(31)30(4)5/h6-9,12-13,15,20,26-27H,10-11,14H2,1-5H3. The number of aromatic nitrogens is 2. The smallest absolute Gasteiger partial charge is 0.236 e. The molecule has 0 spiro atoms. The average molecular weight is 466 g/mol. The van der Waals surface area contributed by atoms with Gasteiger partial charge in [-0.15, -0.1) is 10.2 Å². The molecule has 33 heavy (non-hydrogen) atoms. The molecule has 1 aromatic heterocycles. The van der Waals surface area contributed by atoms with E-state index in [-0.39, 0.29) is 18.1 Å². The second-order valence-electron chi connectivity index (χ2n) is 8.67. The van der Waals surface area contributed by atoms with E-state index < -0.39 is 0 Å². The van der Waals surface area contributed by atoms with Crippen LogP contribution in [0.2, 0.25) is 0 Å². The Morgan fingerprint density at radius 1 is 1.21 bits per heavy atom. The fraction of sp³-hybridized carbons (Fsp3) is 0.400. The SMILES string of the molecule is CNc1cc(-c2nnc(-c3cccc4c3CCC4NCC(=O)N(C)C)s2)ccc1OC(C)C. The molecule has 1 heterocycles. The third-order valence-corrected chi connectivity index (χ3v) is 6.79. The van der Waals surface area contributed by atoms with Crippen molar-refractivity contribution >= 4 is 22.9 Å². The Labute approximate surface area is 199 Å². The van der Waals surface area contributed by atoms with Crippen LogP contribution in [0.15, 0.2) is 36.4 Å². The zero-order valence-electron chi connectivity index (χ0n) is 19.8. The summed E-state index contributed by atoms with van der Waals surface area (Å²) in [7, 11) is 5.45. The van der Waals surface area contributed by atoms with Gasteiger partial charge in [-0.3, -0.25) is 4.79 Å². The number of rotatable bonds is 8. The maximum Gasteiger partial charge on any atom is 0.236 e. The fourth-order valence-corrected chi connectivity index (χ4v) is 4.99. The molecule has 174 valence electrons. The van der Waals surface area contributed by atoms with Crippen molar-refractivity contribution in [3.63, 3.8) is 0 Å². The Kier molecular flexibility index (Phi) is 6.95. The minimum absolute atomic E-state index is 0.0825. The Morgan fingerprint density at radius 2 is 2.00 bits per heavy atom. The Bertz CT molecular complexity index is 1140. The van der Waals surface area contributed by atoms with Crippen molar-refractivity contribution in [2.24, 2.45) is 0 Å². The summed E-state index contributed by atoms with van der Waals surface area (Å²) in [5.41, 5.74) is 5.62. The van der Waals surface area contributed by atoms with E-state index in [9.17, 15) is 4.79 Å². The van der Waals surface area contributed by atoms with Gasteiger partial charge in [-0.2, -0.15) is 0 Å². The minimum Gasteiger partial charge on any atom is -0.489 e. The summed E-state index contributed by atoms with van der Waals surface area (Å²) in [6.45, 7) is 4.38. The van der Waals surface area contributed by atoms with E-state index in [1.54, 1.807) is 30.3 Å². The first kappa shape index (κ1) is 23.2. The molecule has 0 radical (unpaired) electrons. The quantitative estimate of drug-likeness (QED) is 0.514. The van der Waals surface area contributed by atoms with Gasteiger partial charge in [0.1, 0.15) is 15.8 Å². The van der Waals surface area contributed by atoms with Gasteiger partial charge in [-0.25, -0.2) is 0 Å². The van der Waals surface area contributed by atoms with Crippen molar-refractivity contribution in [2.45, 2.75) is 38.8 Å². The second-order valence-corrected chi connectivity index (χ2v) is 9.65. The van der Waals surface area contributed by atoms with Crippen LogP contribution in [-0.4, -0.2) is 54.8 Å². The molecule has 1 amide bonds. The van der Waals surface area contributed by atoms with E-state index in [0.717, 1.165) is 45.4 Å². The third kappa shape index (κ3) is 5.02. The number of benzene rings is 2. The van der Waals surface area contributed by atoms with Gasteiger partial charge in [0.25, 0.3) is 0 Å². The van der Waals surface area contributed by atoms with Crippen LogP contribution in [0, 0.1) is 0 Å². The number of hydrogen-bond donors (Lipinski definition) is 2. The summed E-state index contributed by atoms with van der Waals surface area (Å²) in [5.74, 6) is 0.910. The van der Waals surface area contributed by atoms with Gasteiger partial charge in [-0.1, -0.05) is 29.5 Å². The summed E-state index contributed by atoms with van der Waals surface area (Å²) in [4.78, 5) is 13.6. The number of carbonyl (C=O) groups is 1. The second kappa shape index (κ2) is 9.89. The number of hydrogen-bond acceptors (Lipinski definition) is 7. The fourth-order valence-electron chi connectivity index (χ4n) is 4.10. The molecule has 0 aliphatic heterocycles. The molecule has 0 saturated heterocycles. The van der Waals surface area contributed by atoms with Crippen LogP contribution in [0.25, 0.3) is 21.1 Å². The molecule has 2 N–H and O–H groups in total. The first-order valence-electron chi connectivity index (χ1n) is 11.3. The predicted molar refractivity (Wildman–Crippen MR) is 134 cm³/mol. The summed E-state index contributed by atoms with van der Waals surface area (Å²) in [5, 5.41) is 17.4. The molecule has 0 bridgehead atoms. The van der Waals surface area contributed by atoms with E-state index in [2.05, 4.69) is 45.1 Å². The van der Waals surface area contributed by atoms with Crippen LogP contribution < -0.4 is 15.4 Å². The number of nitrogens with zero attached hydrogens (tertiary/aromatic N) is 3. The van der Waals surface area contributed by atoms with Crippen molar-refractivity contribution in [2.75, 3.05) is 33.0 Å². The monoisotopic (exact) mass is 465 g/mol. The summed E-state index contributed by atoms with van der Waals surface area (Å²) in [6.07, 6.45) is 2.04. The molecule has 0 fully saturated rings. The number of ether oxygens (including phenoxy) is 1. The topological polar surface area (TPSA) is 79.4 Å². The van der Waals surface area contributed by atoms with Gasteiger partial charge in [0, 0.05) is 38.3 Å². The third-order valence-electron chi connectivity index (χ3n) is 5.78. The zero-order chi connectivity index (χ0) is 23.5. The normalized spacial score (nSPS) is 14.9. The van der Waals surface area contributed by atoms with Crippen LogP contribution in [0.3, 0.4) is 0 Å². The average Bonchev–Trinajstić information content (AvgIpc) is 3.44. The molecule has 1 atom stereocenters. The van der Waals surface area contributed by atoms with Gasteiger partial charge in [0.15, 0.2) is 0 Å². The summed E-state index contributed by atoms with van der Waals surface area (Å²) >= 11 is 1.60. The molecule has 1 aliphatic carbocycles. The molecule has 3 aromatic rings. The van der Waals surface area contributed by atoms with Gasteiger partial charge in [0.2, 0.25) is 5.91 Å². The van der Waals surface area contributed by atoms with Crippen molar-refractivity contribution in [3.8, 4) is 26.9 Å². The lowest BCUT2D eigenvalue weighted by Crippen LogP contribution is -2.34. The molecule has 0 saturated carbocycles. The van der Waals surface area contributed by atoms with E-state index in [0.29, 0.717) is 6.54 Å². The number of likely N-dealkylation sites (N-methyl/N-ethyl adjacent to an activating group) is 1. The van der Waals surface area contributed by atoms with Crippen LogP contribution in [0.5, 0.6) is 5.75 Å². The van der Waals surface area contributed by atoms with Crippen LogP contribution in [0.4, 0.5) is 5.69 Å². The molecule has 1 aliphatic rings.